The molecule has 4 rings (SSSR count). The van der Waals surface area contributed by atoms with Crippen molar-refractivity contribution in [3.05, 3.63) is 0 Å². The first-order valence-corrected chi connectivity index (χ1v) is 46.5. The van der Waals surface area contributed by atoms with Gasteiger partial charge in [0.25, 0.3) is 0 Å². The predicted molar refractivity (Wildman–Crippen MR) is 250 cm³/mol. The molecule has 4 fully saturated rings. The van der Waals surface area contributed by atoms with Gasteiger partial charge in [0.15, 0.2) is 0 Å². The van der Waals surface area contributed by atoms with Gasteiger partial charge in [-0.25, -0.2) is 0 Å². The van der Waals surface area contributed by atoms with E-state index in [-0.39, 0.29) is 35.9 Å². The lowest BCUT2D eigenvalue weighted by atomic mass is 9.52. The summed E-state index contributed by atoms with van der Waals surface area (Å²) in [6.07, 6.45) is 10.7. The van der Waals surface area contributed by atoms with Crippen molar-refractivity contribution in [2.75, 3.05) is 0 Å². The molecule has 0 N–H and O–H groups in total. The second kappa shape index (κ2) is 18.0. The van der Waals surface area contributed by atoms with Crippen LogP contribution in [-0.2, 0) is 0 Å². The van der Waals surface area contributed by atoms with E-state index in [9.17, 15) is 0 Å². The molecule has 38 heavy (non-hydrogen) atoms. The molecule has 0 aromatic carbocycles. The summed E-state index contributed by atoms with van der Waals surface area (Å²) < 4.78 is 0. The second-order valence-electron chi connectivity index (χ2n) is 11.2. The van der Waals surface area contributed by atoms with Crippen LogP contribution in [0.5, 0.6) is 0 Å². The van der Waals surface area contributed by atoms with Gasteiger partial charge in [0, 0.05) is 5.16 Å². The molecule has 4 aliphatic rings. The molecule has 4 saturated carbocycles. The van der Waals surface area contributed by atoms with Crippen molar-refractivity contribution < 1.29 is 0 Å². The maximum absolute atomic E-state index is 3.48. The number of hydrogen-bond donors (Lipinski definition) is 0. The van der Waals surface area contributed by atoms with Crippen LogP contribution in [0.1, 0.15) is 44.9 Å². The minimum absolute atomic E-state index is 0.00627. The monoisotopic (exact) mass is 904 g/mol. The van der Waals surface area contributed by atoms with Crippen molar-refractivity contribution >= 4 is 175 Å². The molecule has 0 aromatic heterocycles. The number of hydrogen-bond acceptors (Lipinski definition) is 0. The Morgan fingerprint density at radius 1 is 0.763 bits per heavy atom. The third-order valence-electron chi connectivity index (χ3n) is 10.1. The lowest BCUT2D eigenvalue weighted by Gasteiger charge is -2.67. The summed E-state index contributed by atoms with van der Waals surface area (Å²) in [6.45, 7) is 0.137. The molecule has 0 radical (unpaired) electrons. The van der Waals surface area contributed by atoms with E-state index in [1.54, 1.807) is 6.42 Å². The van der Waals surface area contributed by atoms with Crippen molar-refractivity contribution in [2.45, 2.75) is 77.9 Å². The van der Waals surface area contributed by atoms with E-state index in [0.717, 1.165) is 78.5 Å². The summed E-state index contributed by atoms with van der Waals surface area (Å²) >= 11 is 0. The van der Waals surface area contributed by atoms with Crippen LogP contribution >= 0.6 is 175 Å². The van der Waals surface area contributed by atoms with E-state index in [2.05, 4.69) is 98.5 Å². The van der Waals surface area contributed by atoms with Gasteiger partial charge in [-0.2, -0.15) is 0 Å². The van der Waals surface area contributed by atoms with Crippen molar-refractivity contribution in [1.82, 2.24) is 0 Å². The molecule has 0 heterocycles. The topological polar surface area (TPSA) is 0 Å². The summed E-state index contributed by atoms with van der Waals surface area (Å²) in [5.74, 6) is 3.91. The Hall–Kier alpha value is 9.03. The van der Waals surface area contributed by atoms with Gasteiger partial charge in [-0.1, -0.05) is 55.0 Å². The average Bonchev–Trinajstić information content (AvgIpc) is 3.28. The second-order valence-corrected chi connectivity index (χ2v) is 63.6. The van der Waals surface area contributed by atoms with E-state index in [1.807, 2.05) is 0 Å². The quantitative estimate of drug-likeness (QED) is 0.192. The Labute approximate surface area is 274 Å². The molecule has 0 amide bonds. The minimum Gasteiger partial charge on any atom is -0.134 e. The summed E-state index contributed by atoms with van der Waals surface area (Å²) in [5.41, 5.74) is 3.73. The van der Waals surface area contributed by atoms with Gasteiger partial charge >= 0.3 is 0 Å². The van der Waals surface area contributed by atoms with Crippen LogP contribution in [0.25, 0.3) is 0 Å². The van der Waals surface area contributed by atoms with Gasteiger partial charge in [-0.05, 0) is 118 Å². The van der Waals surface area contributed by atoms with Gasteiger partial charge in [0.05, 0.1) is 0 Å². The van der Waals surface area contributed by atoms with Crippen molar-refractivity contribution in [3.63, 3.8) is 0 Å². The van der Waals surface area contributed by atoms with E-state index in [0.29, 0.717) is 10.3 Å². The summed E-state index contributed by atoms with van der Waals surface area (Å²) in [4.78, 5) is 0. The lowest BCUT2D eigenvalue weighted by molar-refractivity contribution is 0.0159. The van der Waals surface area contributed by atoms with Gasteiger partial charge in [-0.15, -0.1) is 98.5 Å². The molecule has 0 saturated heterocycles. The number of rotatable bonds is 10. The zero-order valence-corrected chi connectivity index (χ0v) is 43.8. The average molecular weight is 904 g/mol. The van der Waals surface area contributed by atoms with Gasteiger partial charge < -0.3 is 0 Å². The molecule has 29 unspecified atom stereocenters. The van der Waals surface area contributed by atoms with E-state index < -0.39 is 0 Å². The highest BCUT2D eigenvalue weighted by Gasteiger charge is 2.67. The SMILES string of the molecule is PPP(P)PC1CCC2C3CC(P(P)PP)C4C(P(PP)P(P)P)C(P)CCC4(PP)C3CCC12P(P)P. The van der Waals surface area contributed by atoms with Gasteiger partial charge in [0.2, 0.25) is 0 Å². The fourth-order valence-electron chi connectivity index (χ4n) is 8.82. The molecule has 0 aliphatic heterocycles. The van der Waals surface area contributed by atoms with E-state index >= 15 is 0 Å². The van der Waals surface area contributed by atoms with Crippen LogP contribution in [0.15, 0.2) is 0 Å². The van der Waals surface area contributed by atoms with Crippen LogP contribution in [0.2, 0.25) is 0 Å². The predicted octanol–water partition coefficient (Wildman–Crippen LogP) is 13.3. The molecule has 0 aromatic rings. The molecule has 0 bridgehead atoms. The van der Waals surface area contributed by atoms with Crippen LogP contribution in [0.4, 0.5) is 0 Å². The van der Waals surface area contributed by atoms with Crippen molar-refractivity contribution in [3.8, 4) is 0 Å². The molecule has 222 valence electrons. The van der Waals surface area contributed by atoms with Crippen LogP contribution in [-0.4, -0.2) is 32.9 Å². The molecular formula is C17H49P21. The molecular weight excluding hydrogens is 855 g/mol. The first-order chi connectivity index (χ1) is 18.0. The maximum Gasteiger partial charge on any atom is 0.00726 e. The summed E-state index contributed by atoms with van der Waals surface area (Å²) in [7, 11) is 42.0. The third kappa shape index (κ3) is 7.91. The summed E-state index contributed by atoms with van der Waals surface area (Å²) in [6, 6.07) is 0. The highest BCUT2D eigenvalue weighted by molar-refractivity contribution is 8.87. The Kier molecular flexibility index (Phi) is 18.8. The van der Waals surface area contributed by atoms with Crippen LogP contribution < -0.4 is 0 Å². The Bertz CT molecular complexity index is 787. The highest BCUT2D eigenvalue weighted by atomic mass is 32.9. The number of fused-ring (bicyclic) bond motifs is 5. The molecule has 0 nitrogen and oxygen atoms in total. The van der Waals surface area contributed by atoms with Gasteiger partial charge in [-0.3, -0.25) is 0 Å². The first kappa shape index (κ1) is 39.8. The van der Waals surface area contributed by atoms with Gasteiger partial charge in [0.1, 0.15) is 0 Å². The Balaban J connectivity index is 1.79. The standard InChI is InChI=1S/C17H49P21/c18-11-4-5-16(30-19)9-3-6-17(36(24)25)10(1-2-13(17)29-38(28)33-22)8(9)7-12(34(23)31-20)14(16)15(11)35(32-21)37(26)27/h8-15,29-33H,1-7,18-28H2. The maximum atomic E-state index is 3.48. The van der Waals surface area contributed by atoms with E-state index in [1.165, 1.54) is 46.8 Å². The fourth-order valence-corrected chi connectivity index (χ4v) is 61.1. The molecule has 29 atom stereocenters. The van der Waals surface area contributed by atoms with Crippen LogP contribution in [0, 0.1) is 23.7 Å². The normalized spacial score (nSPS) is 47.0. The minimum atomic E-state index is -0.0702. The zero-order chi connectivity index (χ0) is 28.0. The van der Waals surface area contributed by atoms with E-state index in [4.69, 9.17) is 0 Å². The first-order valence-electron chi connectivity index (χ1n) is 12.9. The smallest absolute Gasteiger partial charge is 0.00726 e. The van der Waals surface area contributed by atoms with Crippen molar-refractivity contribution in [1.29, 1.82) is 0 Å². The largest absolute Gasteiger partial charge is 0.134 e. The lowest BCUT2D eigenvalue weighted by Crippen LogP contribution is -2.64. The van der Waals surface area contributed by atoms with Crippen LogP contribution in [0.3, 0.4) is 0 Å². The molecule has 4 aliphatic carbocycles. The fraction of sp³-hybridized carbons (Fsp3) is 1.00. The Morgan fingerprint density at radius 3 is 2.03 bits per heavy atom. The Morgan fingerprint density at radius 2 is 1.47 bits per heavy atom. The zero-order valence-electron chi connectivity index (χ0n) is 21.7. The third-order valence-corrected chi connectivity index (χ3v) is 69.6. The van der Waals surface area contributed by atoms with Crippen molar-refractivity contribution in [2.24, 2.45) is 23.7 Å². The molecule has 0 spiro atoms. The molecule has 21 heteroatoms. The summed E-state index contributed by atoms with van der Waals surface area (Å²) in [5, 5.41) is 1.22. The highest BCUT2D eigenvalue weighted by Crippen LogP contribution is 2.94.